The number of ether oxygens (including phenoxy) is 1. The Morgan fingerprint density at radius 2 is 1.64 bits per heavy atom. The fourth-order valence-electron chi connectivity index (χ4n) is 5.04. The van der Waals surface area contributed by atoms with Crippen molar-refractivity contribution in [3.8, 4) is 0 Å². The van der Waals surface area contributed by atoms with Crippen LogP contribution in [0.15, 0.2) is 91.3 Å². The molecule has 0 aliphatic carbocycles. The molecule has 1 aliphatic heterocycles. The van der Waals surface area contributed by atoms with Crippen LogP contribution in [0.5, 0.6) is 0 Å². The third-order valence-corrected chi connectivity index (χ3v) is 6.82. The van der Waals surface area contributed by atoms with Gasteiger partial charge in [0.05, 0.1) is 31.6 Å². The van der Waals surface area contributed by atoms with Crippen molar-refractivity contribution in [2.45, 2.75) is 38.4 Å². The van der Waals surface area contributed by atoms with Crippen LogP contribution in [-0.2, 0) is 33.8 Å². The molecule has 36 heavy (non-hydrogen) atoms. The average molecular weight is 480 g/mol. The second-order valence-corrected chi connectivity index (χ2v) is 9.22. The highest BCUT2D eigenvalue weighted by atomic mass is 16.5. The van der Waals surface area contributed by atoms with E-state index in [0.29, 0.717) is 13.0 Å². The average Bonchev–Trinajstić information content (AvgIpc) is 3.30. The van der Waals surface area contributed by atoms with Gasteiger partial charge < -0.3 is 14.2 Å². The molecule has 0 fully saturated rings. The van der Waals surface area contributed by atoms with Gasteiger partial charge in [0.1, 0.15) is 6.04 Å². The van der Waals surface area contributed by atoms with Crippen LogP contribution in [0.25, 0.3) is 0 Å². The first-order valence-electron chi connectivity index (χ1n) is 12.1. The number of imidazole rings is 1. The quantitative estimate of drug-likeness (QED) is 0.382. The van der Waals surface area contributed by atoms with Gasteiger partial charge in [-0.15, -0.1) is 0 Å². The van der Waals surface area contributed by atoms with Gasteiger partial charge in [0.2, 0.25) is 5.91 Å². The van der Waals surface area contributed by atoms with E-state index in [4.69, 9.17) is 4.74 Å². The van der Waals surface area contributed by atoms with E-state index in [1.54, 1.807) is 11.2 Å². The molecular formula is C30H29N3O3. The molecule has 2 heterocycles. The minimum atomic E-state index is -0.724. The molecule has 0 unspecified atom stereocenters. The van der Waals surface area contributed by atoms with E-state index in [9.17, 15) is 9.59 Å². The fourth-order valence-corrected chi connectivity index (χ4v) is 5.04. The van der Waals surface area contributed by atoms with Crippen LogP contribution in [0.2, 0.25) is 0 Å². The highest BCUT2D eigenvalue weighted by Gasteiger charge is 2.40. The molecule has 0 radical (unpaired) electrons. The molecule has 3 aromatic carbocycles. The number of aromatic nitrogens is 2. The summed E-state index contributed by atoms with van der Waals surface area (Å²) in [7, 11) is 1.37. The second-order valence-electron chi connectivity index (χ2n) is 9.22. The highest BCUT2D eigenvalue weighted by Crippen LogP contribution is 2.32. The van der Waals surface area contributed by atoms with Crippen LogP contribution in [-0.4, -0.2) is 39.5 Å². The number of amides is 1. The third kappa shape index (κ3) is 4.67. The maximum absolute atomic E-state index is 14.2. The summed E-state index contributed by atoms with van der Waals surface area (Å²) in [6.45, 7) is 2.98. The summed E-state index contributed by atoms with van der Waals surface area (Å²) < 4.78 is 7.24. The Labute approximate surface area is 211 Å². The minimum absolute atomic E-state index is 0.137. The van der Waals surface area contributed by atoms with Gasteiger partial charge >= 0.3 is 5.97 Å². The molecule has 0 N–H and O–H groups in total. The lowest BCUT2D eigenvalue weighted by molar-refractivity contribution is -0.154. The van der Waals surface area contributed by atoms with Crippen LogP contribution >= 0.6 is 0 Å². The number of hydrogen-bond donors (Lipinski definition) is 0. The van der Waals surface area contributed by atoms with Crippen molar-refractivity contribution in [3.63, 3.8) is 0 Å². The van der Waals surface area contributed by atoms with E-state index in [2.05, 4.69) is 34.7 Å². The lowest BCUT2D eigenvalue weighted by Gasteiger charge is -2.36. The number of fused-ring (bicyclic) bond motifs is 1. The maximum atomic E-state index is 14.2. The van der Waals surface area contributed by atoms with E-state index >= 15 is 0 Å². The molecule has 0 spiro atoms. The smallest absolute Gasteiger partial charge is 0.328 e. The third-order valence-electron chi connectivity index (χ3n) is 6.82. The molecule has 1 atom stereocenters. The normalized spacial score (nSPS) is 15.0. The van der Waals surface area contributed by atoms with Crippen molar-refractivity contribution in [2.75, 3.05) is 7.11 Å². The number of carbonyl (C=O) groups is 2. The van der Waals surface area contributed by atoms with Crippen LogP contribution in [0.4, 0.5) is 0 Å². The molecule has 1 amide bonds. The predicted molar refractivity (Wildman–Crippen MR) is 137 cm³/mol. The molecule has 0 saturated carbocycles. The Morgan fingerprint density at radius 3 is 2.25 bits per heavy atom. The highest BCUT2D eigenvalue weighted by molar-refractivity contribution is 5.91. The van der Waals surface area contributed by atoms with Crippen LogP contribution < -0.4 is 0 Å². The Balaban J connectivity index is 1.50. The molecule has 0 bridgehead atoms. The van der Waals surface area contributed by atoms with E-state index in [1.807, 2.05) is 66.7 Å². The van der Waals surface area contributed by atoms with Crippen molar-refractivity contribution >= 4 is 11.9 Å². The monoisotopic (exact) mass is 479 g/mol. The van der Waals surface area contributed by atoms with Crippen LogP contribution in [0, 0.1) is 6.92 Å². The number of aryl methyl sites for hydroxylation is 1. The van der Waals surface area contributed by atoms with Crippen molar-refractivity contribution in [1.82, 2.24) is 14.5 Å². The lowest BCUT2D eigenvalue weighted by atomic mass is 9.88. The van der Waals surface area contributed by atoms with Gasteiger partial charge in [-0.3, -0.25) is 4.79 Å². The van der Waals surface area contributed by atoms with Crippen molar-refractivity contribution in [3.05, 3.63) is 125 Å². The number of hydrogen-bond acceptors (Lipinski definition) is 4. The number of nitrogens with zero attached hydrogens (tertiary/aromatic N) is 3. The van der Waals surface area contributed by atoms with Crippen molar-refractivity contribution in [2.24, 2.45) is 0 Å². The molecule has 1 aliphatic rings. The number of carbonyl (C=O) groups excluding carboxylic acids is 2. The summed E-state index contributed by atoms with van der Waals surface area (Å²) in [5, 5.41) is 0. The molecule has 1 aromatic heterocycles. The van der Waals surface area contributed by atoms with Gasteiger partial charge in [-0.25, -0.2) is 9.78 Å². The Bertz CT molecular complexity index is 1330. The second kappa shape index (κ2) is 10.2. The predicted octanol–water partition coefficient (Wildman–Crippen LogP) is 4.50. The first-order chi connectivity index (χ1) is 17.5. The van der Waals surface area contributed by atoms with Crippen molar-refractivity contribution in [1.29, 1.82) is 0 Å². The Kier molecular flexibility index (Phi) is 6.67. The van der Waals surface area contributed by atoms with Gasteiger partial charge in [-0.1, -0.05) is 90.5 Å². The van der Waals surface area contributed by atoms with Gasteiger partial charge in [-0.2, -0.15) is 0 Å². The number of benzene rings is 3. The summed E-state index contributed by atoms with van der Waals surface area (Å²) in [6, 6.07) is 27.0. The number of methoxy groups -OCH3 is 1. The standard InChI is InChI=1S/C30H29N3O3/c1-21-10-9-11-22(16-21)18-32-20-31-25-19-33(27(17-26(25)32)30(35)36-2)29(34)28(23-12-5-3-6-13-23)24-14-7-4-8-15-24/h3-16,20,27-28H,17-19H2,1-2H3/t27-/m0/s1. The zero-order chi connectivity index (χ0) is 25.1. The zero-order valence-corrected chi connectivity index (χ0v) is 20.5. The minimum Gasteiger partial charge on any atom is -0.467 e. The summed E-state index contributed by atoms with van der Waals surface area (Å²) in [5.74, 6) is -1.09. The van der Waals surface area contributed by atoms with E-state index in [-0.39, 0.29) is 12.5 Å². The van der Waals surface area contributed by atoms with E-state index < -0.39 is 17.9 Å². The molecule has 0 saturated heterocycles. The summed E-state index contributed by atoms with van der Waals surface area (Å²) in [4.78, 5) is 33.4. The topological polar surface area (TPSA) is 64.4 Å². The zero-order valence-electron chi connectivity index (χ0n) is 20.5. The van der Waals surface area contributed by atoms with Gasteiger partial charge in [-0.05, 0) is 23.6 Å². The Hall–Kier alpha value is -4.19. The molecule has 6 heteroatoms. The van der Waals surface area contributed by atoms with Gasteiger partial charge in [0, 0.05) is 18.7 Å². The molecular weight excluding hydrogens is 450 g/mol. The number of esters is 1. The fraction of sp³-hybridized carbons (Fsp3) is 0.233. The molecule has 182 valence electrons. The first-order valence-corrected chi connectivity index (χ1v) is 12.1. The largest absolute Gasteiger partial charge is 0.467 e. The van der Waals surface area contributed by atoms with Gasteiger partial charge in [0.25, 0.3) is 0 Å². The molecule has 6 nitrogen and oxygen atoms in total. The van der Waals surface area contributed by atoms with Crippen LogP contribution in [0.1, 0.15) is 39.6 Å². The van der Waals surface area contributed by atoms with E-state index in [1.165, 1.54) is 12.7 Å². The van der Waals surface area contributed by atoms with Gasteiger partial charge in [0.15, 0.2) is 0 Å². The first kappa shape index (κ1) is 23.5. The number of rotatable bonds is 6. The molecule has 5 rings (SSSR count). The summed E-state index contributed by atoms with van der Waals surface area (Å²) in [5.41, 5.74) is 5.90. The summed E-state index contributed by atoms with van der Waals surface area (Å²) in [6.07, 6.45) is 2.16. The molecule has 4 aromatic rings. The maximum Gasteiger partial charge on any atom is 0.328 e. The SMILES string of the molecule is COC(=O)[C@@H]1Cc2c(ncn2Cc2cccc(C)c2)CN1C(=O)C(c1ccccc1)c1ccccc1. The van der Waals surface area contributed by atoms with E-state index in [0.717, 1.165) is 28.1 Å². The lowest BCUT2D eigenvalue weighted by Crippen LogP contribution is -2.51. The Morgan fingerprint density at radius 1 is 0.972 bits per heavy atom. The van der Waals surface area contributed by atoms with Crippen LogP contribution in [0.3, 0.4) is 0 Å². The summed E-state index contributed by atoms with van der Waals surface area (Å²) >= 11 is 0. The van der Waals surface area contributed by atoms with Crippen molar-refractivity contribution < 1.29 is 14.3 Å².